The predicted octanol–water partition coefficient (Wildman–Crippen LogP) is 2.80. The molecule has 2 nitrogen and oxygen atoms in total. The molecule has 2 aliphatic carbocycles. The second-order valence-electron chi connectivity index (χ2n) is 6.77. The molecule has 1 spiro atoms. The summed E-state index contributed by atoms with van der Waals surface area (Å²) >= 11 is 0. The molecule has 3 rings (SSSR count). The third-order valence-electron chi connectivity index (χ3n) is 5.69. The Labute approximate surface area is 105 Å². The van der Waals surface area contributed by atoms with Gasteiger partial charge in [-0.1, -0.05) is 19.3 Å². The molecule has 3 aliphatic rings. The van der Waals surface area contributed by atoms with Gasteiger partial charge in [0, 0.05) is 6.54 Å². The summed E-state index contributed by atoms with van der Waals surface area (Å²) in [5.74, 6) is 0.577. The molecule has 3 fully saturated rings. The van der Waals surface area contributed by atoms with Crippen LogP contribution in [0.15, 0.2) is 0 Å². The van der Waals surface area contributed by atoms with Crippen molar-refractivity contribution in [1.29, 1.82) is 0 Å². The van der Waals surface area contributed by atoms with Gasteiger partial charge in [0.25, 0.3) is 0 Å². The molecule has 0 radical (unpaired) electrons. The van der Waals surface area contributed by atoms with Gasteiger partial charge in [-0.2, -0.15) is 0 Å². The van der Waals surface area contributed by atoms with E-state index >= 15 is 0 Å². The van der Waals surface area contributed by atoms with Crippen LogP contribution in [0, 0.1) is 11.3 Å². The van der Waals surface area contributed by atoms with E-state index < -0.39 is 0 Å². The zero-order chi connectivity index (χ0) is 11.7. The molecule has 2 saturated carbocycles. The van der Waals surface area contributed by atoms with Crippen molar-refractivity contribution in [2.45, 2.75) is 63.9 Å². The lowest BCUT2D eigenvalue weighted by molar-refractivity contribution is 0.0629. The summed E-state index contributed by atoms with van der Waals surface area (Å²) in [4.78, 5) is 2.63. The van der Waals surface area contributed by atoms with Gasteiger partial charge in [0.1, 0.15) is 0 Å². The first kappa shape index (κ1) is 12.0. The predicted molar refractivity (Wildman–Crippen MR) is 69.9 cm³/mol. The molecular formula is C15H27NO. The van der Waals surface area contributed by atoms with Crippen LogP contribution in [0.1, 0.15) is 57.8 Å². The van der Waals surface area contributed by atoms with Gasteiger partial charge < -0.3 is 10.0 Å². The molecule has 2 heteroatoms. The highest BCUT2D eigenvalue weighted by Crippen LogP contribution is 2.46. The number of likely N-dealkylation sites (tertiary alicyclic amines) is 1. The van der Waals surface area contributed by atoms with Gasteiger partial charge in [0.05, 0.1) is 6.10 Å². The largest absolute Gasteiger partial charge is 0.393 e. The van der Waals surface area contributed by atoms with Gasteiger partial charge >= 0.3 is 0 Å². The maximum Gasteiger partial charge on any atom is 0.0580 e. The Bertz CT molecular complexity index is 250. The Balaban J connectivity index is 1.48. The average molecular weight is 237 g/mol. The van der Waals surface area contributed by atoms with E-state index in [0.717, 1.165) is 18.4 Å². The van der Waals surface area contributed by atoms with Gasteiger partial charge in [-0.3, -0.25) is 0 Å². The maximum absolute atomic E-state index is 9.90. The van der Waals surface area contributed by atoms with Crippen molar-refractivity contribution >= 4 is 0 Å². The van der Waals surface area contributed by atoms with Crippen molar-refractivity contribution in [2.75, 3.05) is 19.6 Å². The first-order valence-electron chi connectivity index (χ1n) is 7.68. The second-order valence-corrected chi connectivity index (χ2v) is 6.77. The minimum atomic E-state index is -0.00244. The molecule has 2 unspecified atom stereocenters. The Morgan fingerprint density at radius 1 is 0.941 bits per heavy atom. The van der Waals surface area contributed by atoms with Gasteiger partial charge in [-0.05, 0) is 62.9 Å². The van der Waals surface area contributed by atoms with Crippen molar-refractivity contribution in [3.05, 3.63) is 0 Å². The number of rotatable bonds is 2. The van der Waals surface area contributed by atoms with Gasteiger partial charge in [-0.15, -0.1) is 0 Å². The second kappa shape index (κ2) is 4.89. The molecule has 1 aliphatic heterocycles. The van der Waals surface area contributed by atoms with Crippen LogP contribution in [-0.4, -0.2) is 35.7 Å². The molecule has 0 bridgehead atoms. The highest BCUT2D eigenvalue weighted by Gasteiger charge is 2.37. The molecule has 0 aromatic carbocycles. The lowest BCUT2D eigenvalue weighted by Crippen LogP contribution is -2.42. The molecule has 17 heavy (non-hydrogen) atoms. The van der Waals surface area contributed by atoms with E-state index in [1.807, 2.05) is 0 Å². The normalized spacial score (nSPS) is 37.9. The van der Waals surface area contributed by atoms with Gasteiger partial charge in [-0.25, -0.2) is 0 Å². The minimum Gasteiger partial charge on any atom is -0.393 e. The summed E-state index contributed by atoms with van der Waals surface area (Å²) < 4.78 is 0. The Morgan fingerprint density at radius 2 is 1.65 bits per heavy atom. The zero-order valence-corrected chi connectivity index (χ0v) is 11.0. The number of piperidine rings is 1. The Hall–Kier alpha value is -0.0800. The van der Waals surface area contributed by atoms with Crippen molar-refractivity contribution in [3.63, 3.8) is 0 Å². The van der Waals surface area contributed by atoms with Crippen molar-refractivity contribution < 1.29 is 5.11 Å². The van der Waals surface area contributed by atoms with E-state index in [-0.39, 0.29) is 6.10 Å². The van der Waals surface area contributed by atoms with Crippen LogP contribution >= 0.6 is 0 Å². The number of nitrogens with zero attached hydrogens (tertiary/aromatic N) is 1. The molecule has 2 atom stereocenters. The van der Waals surface area contributed by atoms with Crippen LogP contribution < -0.4 is 0 Å². The third kappa shape index (κ3) is 2.53. The van der Waals surface area contributed by atoms with Gasteiger partial charge in [0.2, 0.25) is 0 Å². The summed E-state index contributed by atoms with van der Waals surface area (Å²) in [6.45, 7) is 3.75. The maximum atomic E-state index is 9.90. The van der Waals surface area contributed by atoms with Gasteiger partial charge in [0.15, 0.2) is 0 Å². The summed E-state index contributed by atoms with van der Waals surface area (Å²) in [5, 5.41) is 9.90. The fourth-order valence-electron chi connectivity index (χ4n) is 4.40. The Kier molecular flexibility index (Phi) is 3.45. The van der Waals surface area contributed by atoms with Crippen molar-refractivity contribution in [2.24, 2.45) is 11.3 Å². The number of hydrogen-bond donors (Lipinski definition) is 1. The first-order chi connectivity index (χ1) is 8.27. The summed E-state index contributed by atoms with van der Waals surface area (Å²) in [5.41, 5.74) is 0.741. The lowest BCUT2D eigenvalue weighted by Gasteiger charge is -2.40. The van der Waals surface area contributed by atoms with Crippen LogP contribution in [0.25, 0.3) is 0 Å². The molecule has 1 saturated heterocycles. The van der Waals surface area contributed by atoms with E-state index in [2.05, 4.69) is 4.90 Å². The standard InChI is InChI=1S/C15H27NO/c17-14-5-3-4-13(14)12-16-10-8-15(9-11-16)6-1-2-7-15/h13-14,17H,1-12H2. The molecule has 1 N–H and O–H groups in total. The Morgan fingerprint density at radius 3 is 2.24 bits per heavy atom. The average Bonchev–Trinajstić information content (AvgIpc) is 2.94. The number of aliphatic hydroxyl groups excluding tert-OH is 1. The monoisotopic (exact) mass is 237 g/mol. The topological polar surface area (TPSA) is 23.5 Å². The van der Waals surface area contributed by atoms with Crippen LogP contribution in [0.2, 0.25) is 0 Å². The van der Waals surface area contributed by atoms with E-state index in [9.17, 15) is 5.11 Å². The smallest absolute Gasteiger partial charge is 0.0580 e. The molecule has 98 valence electrons. The number of aliphatic hydroxyl groups is 1. The lowest BCUT2D eigenvalue weighted by atomic mass is 9.77. The minimum absolute atomic E-state index is 0.00244. The quantitative estimate of drug-likeness (QED) is 0.798. The van der Waals surface area contributed by atoms with E-state index in [1.54, 1.807) is 0 Å². The molecular weight excluding hydrogens is 210 g/mol. The summed E-state index contributed by atoms with van der Waals surface area (Å²) in [6.07, 6.45) is 12.3. The van der Waals surface area contributed by atoms with Crippen molar-refractivity contribution in [3.8, 4) is 0 Å². The van der Waals surface area contributed by atoms with Crippen LogP contribution in [0.3, 0.4) is 0 Å². The third-order valence-corrected chi connectivity index (χ3v) is 5.69. The number of hydrogen-bond acceptors (Lipinski definition) is 2. The highest BCUT2D eigenvalue weighted by atomic mass is 16.3. The van der Waals surface area contributed by atoms with E-state index in [4.69, 9.17) is 0 Å². The SMILES string of the molecule is OC1CCCC1CN1CCC2(CCCC2)CC1. The summed E-state index contributed by atoms with van der Waals surface area (Å²) in [7, 11) is 0. The van der Waals surface area contributed by atoms with E-state index in [0.29, 0.717) is 5.92 Å². The summed E-state index contributed by atoms with van der Waals surface area (Å²) in [6, 6.07) is 0. The van der Waals surface area contributed by atoms with Crippen LogP contribution in [0.5, 0.6) is 0 Å². The van der Waals surface area contributed by atoms with Crippen molar-refractivity contribution in [1.82, 2.24) is 4.90 Å². The molecule has 1 heterocycles. The molecule has 0 aromatic heterocycles. The van der Waals surface area contributed by atoms with E-state index in [1.165, 1.54) is 64.5 Å². The highest BCUT2D eigenvalue weighted by molar-refractivity contribution is 4.90. The molecule has 0 amide bonds. The fraction of sp³-hybridized carbons (Fsp3) is 1.00. The van der Waals surface area contributed by atoms with Crippen LogP contribution in [-0.2, 0) is 0 Å². The first-order valence-corrected chi connectivity index (χ1v) is 7.68. The fourth-order valence-corrected chi connectivity index (χ4v) is 4.40. The van der Waals surface area contributed by atoms with Crippen LogP contribution in [0.4, 0.5) is 0 Å². The zero-order valence-electron chi connectivity index (χ0n) is 11.0. The molecule has 0 aromatic rings.